The van der Waals surface area contributed by atoms with Crippen LogP contribution in [0.5, 0.6) is 0 Å². The fourth-order valence-corrected chi connectivity index (χ4v) is 1.89. The number of hydrogen-bond donors (Lipinski definition) is 1. The highest BCUT2D eigenvalue weighted by Gasteiger charge is 2.38. The Balaban J connectivity index is 1.80. The molecule has 1 N–H and O–H groups in total. The summed E-state index contributed by atoms with van der Waals surface area (Å²) in [6, 6.07) is 9.50. The number of morpholine rings is 1. The molecule has 1 unspecified atom stereocenters. The van der Waals surface area contributed by atoms with Gasteiger partial charge in [0.25, 0.3) is 5.91 Å². The lowest BCUT2D eigenvalue weighted by Gasteiger charge is -2.37. The van der Waals surface area contributed by atoms with Crippen LogP contribution in [-0.4, -0.2) is 45.4 Å². The summed E-state index contributed by atoms with van der Waals surface area (Å²) in [7, 11) is 3.02. The largest absolute Gasteiger partial charge is 0.459 e. The van der Waals surface area contributed by atoms with Crippen molar-refractivity contribution in [2.75, 3.05) is 27.4 Å². The predicted molar refractivity (Wildman–Crippen MR) is 70.7 cm³/mol. The topological polar surface area (TPSA) is 66.0 Å². The highest BCUT2D eigenvalue weighted by atomic mass is 16.7. The van der Waals surface area contributed by atoms with Gasteiger partial charge in [0.1, 0.15) is 13.2 Å². The molecule has 1 saturated heterocycles. The van der Waals surface area contributed by atoms with E-state index in [9.17, 15) is 4.79 Å². The van der Waals surface area contributed by atoms with Crippen molar-refractivity contribution in [2.24, 2.45) is 0 Å². The number of rotatable bonds is 5. The first-order valence-electron chi connectivity index (χ1n) is 6.36. The second kappa shape index (κ2) is 6.81. The molecule has 1 heterocycles. The normalized spacial score (nSPS) is 21.4. The Labute approximate surface area is 118 Å². The minimum absolute atomic E-state index is 0.116. The summed E-state index contributed by atoms with van der Waals surface area (Å²) in [5.41, 5.74) is 0.938. The number of carbonyl (C=O) groups excluding carboxylic acids is 1. The van der Waals surface area contributed by atoms with Crippen molar-refractivity contribution in [3.8, 4) is 0 Å². The number of methoxy groups -OCH3 is 2. The van der Waals surface area contributed by atoms with Crippen molar-refractivity contribution >= 4 is 5.97 Å². The summed E-state index contributed by atoms with van der Waals surface area (Å²) in [6.07, 6.45) is -0.655. The molecule has 1 fully saturated rings. The Morgan fingerprint density at radius 3 is 2.60 bits per heavy atom. The van der Waals surface area contributed by atoms with Gasteiger partial charge in [0.2, 0.25) is 0 Å². The summed E-state index contributed by atoms with van der Waals surface area (Å²) in [4.78, 5) is 11.9. The minimum atomic E-state index is -0.990. The first-order valence-corrected chi connectivity index (χ1v) is 6.36. The van der Waals surface area contributed by atoms with Gasteiger partial charge in [-0.25, -0.2) is 4.79 Å². The SMILES string of the molecule is COC1(OC)COC(C(=O)OCc2ccccc2)CN1. The summed E-state index contributed by atoms with van der Waals surface area (Å²) in [5, 5.41) is 2.99. The molecule has 6 heteroatoms. The molecule has 0 bridgehead atoms. The van der Waals surface area contributed by atoms with Gasteiger partial charge in [-0.2, -0.15) is 0 Å². The predicted octanol–water partition coefficient (Wildman–Crippen LogP) is 0.665. The highest BCUT2D eigenvalue weighted by Crippen LogP contribution is 2.15. The minimum Gasteiger partial charge on any atom is -0.459 e. The van der Waals surface area contributed by atoms with E-state index in [0.717, 1.165) is 5.56 Å². The van der Waals surface area contributed by atoms with Gasteiger partial charge in [-0.05, 0) is 5.56 Å². The van der Waals surface area contributed by atoms with Crippen molar-refractivity contribution in [1.29, 1.82) is 0 Å². The van der Waals surface area contributed by atoms with E-state index in [2.05, 4.69) is 5.32 Å². The van der Waals surface area contributed by atoms with Gasteiger partial charge >= 0.3 is 5.97 Å². The van der Waals surface area contributed by atoms with Gasteiger partial charge in [0.15, 0.2) is 6.10 Å². The molecule has 0 aromatic heterocycles. The van der Waals surface area contributed by atoms with Gasteiger partial charge < -0.3 is 18.9 Å². The van der Waals surface area contributed by atoms with Crippen LogP contribution in [0.1, 0.15) is 5.56 Å². The van der Waals surface area contributed by atoms with Crippen molar-refractivity contribution in [3.63, 3.8) is 0 Å². The van der Waals surface area contributed by atoms with Gasteiger partial charge in [0.05, 0.1) is 0 Å². The zero-order valence-corrected chi connectivity index (χ0v) is 11.6. The molecular weight excluding hydrogens is 262 g/mol. The number of ether oxygens (including phenoxy) is 4. The monoisotopic (exact) mass is 281 g/mol. The smallest absolute Gasteiger partial charge is 0.336 e. The second-order valence-electron chi connectivity index (χ2n) is 4.44. The maximum absolute atomic E-state index is 11.9. The Hall–Kier alpha value is -1.47. The van der Waals surface area contributed by atoms with Crippen molar-refractivity contribution in [3.05, 3.63) is 35.9 Å². The van der Waals surface area contributed by atoms with E-state index in [4.69, 9.17) is 18.9 Å². The quantitative estimate of drug-likeness (QED) is 0.632. The van der Waals surface area contributed by atoms with Gasteiger partial charge in [-0.1, -0.05) is 30.3 Å². The molecule has 2 rings (SSSR count). The van der Waals surface area contributed by atoms with Gasteiger partial charge in [-0.3, -0.25) is 5.32 Å². The highest BCUT2D eigenvalue weighted by molar-refractivity contribution is 5.75. The van der Waals surface area contributed by atoms with Gasteiger partial charge in [0, 0.05) is 20.8 Å². The van der Waals surface area contributed by atoms with Crippen LogP contribution in [0, 0.1) is 0 Å². The van der Waals surface area contributed by atoms with E-state index in [1.165, 1.54) is 14.2 Å². The number of hydrogen-bond acceptors (Lipinski definition) is 6. The van der Waals surface area contributed by atoms with E-state index in [1.54, 1.807) is 0 Å². The molecule has 1 aliphatic heterocycles. The van der Waals surface area contributed by atoms with Crippen molar-refractivity contribution in [2.45, 2.75) is 18.6 Å². The van der Waals surface area contributed by atoms with E-state index in [-0.39, 0.29) is 19.8 Å². The zero-order chi connectivity index (χ0) is 14.4. The maximum atomic E-state index is 11.9. The first kappa shape index (κ1) is 14.9. The van der Waals surface area contributed by atoms with Crippen LogP contribution in [-0.2, 0) is 30.3 Å². The lowest BCUT2D eigenvalue weighted by atomic mass is 10.2. The third kappa shape index (κ3) is 3.55. The van der Waals surface area contributed by atoms with Crippen molar-refractivity contribution < 1.29 is 23.7 Å². The second-order valence-corrected chi connectivity index (χ2v) is 4.44. The van der Waals surface area contributed by atoms with Crippen LogP contribution < -0.4 is 5.32 Å². The van der Waals surface area contributed by atoms with E-state index in [1.807, 2.05) is 30.3 Å². The Morgan fingerprint density at radius 1 is 1.35 bits per heavy atom. The third-order valence-electron chi connectivity index (χ3n) is 3.18. The number of carbonyl (C=O) groups is 1. The fourth-order valence-electron chi connectivity index (χ4n) is 1.89. The average molecular weight is 281 g/mol. The molecule has 1 aromatic carbocycles. The molecule has 0 amide bonds. The molecule has 6 nitrogen and oxygen atoms in total. The summed E-state index contributed by atoms with van der Waals surface area (Å²) in [6.45, 7) is 0.625. The third-order valence-corrected chi connectivity index (χ3v) is 3.18. The molecule has 1 aliphatic rings. The number of nitrogens with one attached hydrogen (secondary N) is 1. The van der Waals surface area contributed by atoms with E-state index >= 15 is 0 Å². The molecule has 1 aromatic rings. The molecule has 110 valence electrons. The van der Waals surface area contributed by atoms with Crippen LogP contribution in [0.25, 0.3) is 0 Å². The molecule has 1 atom stereocenters. The average Bonchev–Trinajstić information content (AvgIpc) is 2.53. The lowest BCUT2D eigenvalue weighted by Crippen LogP contribution is -2.61. The van der Waals surface area contributed by atoms with Crippen molar-refractivity contribution in [1.82, 2.24) is 5.32 Å². The van der Waals surface area contributed by atoms with E-state index < -0.39 is 18.0 Å². The molecule has 0 saturated carbocycles. The standard InChI is InChI=1S/C14H19NO5/c1-17-14(18-2)10-20-12(8-15-14)13(16)19-9-11-6-4-3-5-7-11/h3-7,12,15H,8-10H2,1-2H3. The molecule has 0 radical (unpaired) electrons. The zero-order valence-electron chi connectivity index (χ0n) is 11.6. The van der Waals surface area contributed by atoms with Crippen LogP contribution in [0.4, 0.5) is 0 Å². The van der Waals surface area contributed by atoms with Crippen LogP contribution >= 0.6 is 0 Å². The maximum Gasteiger partial charge on any atom is 0.336 e. The molecular formula is C14H19NO5. The molecule has 0 spiro atoms. The Morgan fingerprint density at radius 2 is 2.05 bits per heavy atom. The van der Waals surface area contributed by atoms with Crippen LogP contribution in [0.15, 0.2) is 30.3 Å². The number of esters is 1. The summed E-state index contributed by atoms with van der Waals surface area (Å²) >= 11 is 0. The fraction of sp³-hybridized carbons (Fsp3) is 0.500. The first-order chi connectivity index (χ1) is 9.69. The van der Waals surface area contributed by atoms with Gasteiger partial charge in [-0.15, -0.1) is 0 Å². The Kier molecular flexibility index (Phi) is 5.08. The number of benzene rings is 1. The van der Waals surface area contributed by atoms with Crippen LogP contribution in [0.3, 0.4) is 0 Å². The molecule has 0 aliphatic carbocycles. The lowest BCUT2D eigenvalue weighted by molar-refractivity contribution is -0.280. The summed E-state index contributed by atoms with van der Waals surface area (Å²) in [5.74, 6) is -1.39. The summed E-state index contributed by atoms with van der Waals surface area (Å²) < 4.78 is 21.0. The molecule has 20 heavy (non-hydrogen) atoms. The van der Waals surface area contributed by atoms with Crippen LogP contribution in [0.2, 0.25) is 0 Å². The van der Waals surface area contributed by atoms with E-state index in [0.29, 0.717) is 0 Å². The Bertz CT molecular complexity index is 422.